The summed E-state index contributed by atoms with van der Waals surface area (Å²) in [6.07, 6.45) is 0. The number of benzene rings is 10. The summed E-state index contributed by atoms with van der Waals surface area (Å²) in [5.74, 6) is 1.74. The summed E-state index contributed by atoms with van der Waals surface area (Å²) in [4.78, 5) is 2.34. The summed E-state index contributed by atoms with van der Waals surface area (Å²) in [6, 6.07) is 84.7. The first kappa shape index (κ1) is 35.2. The lowest BCUT2D eigenvalue weighted by atomic mass is 9.88. The van der Waals surface area contributed by atoms with E-state index in [-0.39, 0.29) is 0 Å². The third-order valence-electron chi connectivity index (χ3n) is 11.7. The van der Waals surface area contributed by atoms with Crippen molar-refractivity contribution in [2.75, 3.05) is 4.90 Å². The number of para-hydroxylation sites is 1. The molecule has 11 rings (SSSR count). The van der Waals surface area contributed by atoms with Gasteiger partial charge in [-0.3, -0.25) is 0 Å². The highest BCUT2D eigenvalue weighted by atomic mass is 16.5. The van der Waals surface area contributed by atoms with Gasteiger partial charge in [0.2, 0.25) is 0 Å². The fourth-order valence-electron chi connectivity index (χ4n) is 8.71. The molecule has 0 radical (unpaired) electrons. The van der Waals surface area contributed by atoms with Crippen LogP contribution in [0.15, 0.2) is 237 Å². The van der Waals surface area contributed by atoms with Crippen LogP contribution in [0.25, 0.3) is 77.5 Å². The van der Waals surface area contributed by atoms with Crippen LogP contribution in [0.1, 0.15) is 0 Å². The fraction of sp³-hybridized carbons (Fsp3) is 0. The molecule has 2 heteroatoms. The number of rotatable bonds is 7. The minimum atomic E-state index is 0.858. The van der Waals surface area contributed by atoms with Crippen molar-refractivity contribution >= 4 is 27.8 Å². The second-order valence-corrected chi connectivity index (χ2v) is 15.3. The van der Waals surface area contributed by atoms with E-state index in [1.807, 2.05) is 0 Å². The van der Waals surface area contributed by atoms with E-state index >= 15 is 0 Å². The van der Waals surface area contributed by atoms with Crippen molar-refractivity contribution in [2.45, 2.75) is 0 Å². The molecule has 2 nitrogen and oxygen atoms in total. The Kier molecular flexibility index (Phi) is 8.87. The highest BCUT2D eigenvalue weighted by Gasteiger charge is 2.26. The van der Waals surface area contributed by atoms with Crippen LogP contribution in [0, 0.1) is 0 Å². The van der Waals surface area contributed by atoms with E-state index in [9.17, 15) is 0 Å². The van der Waals surface area contributed by atoms with E-state index in [2.05, 4.69) is 241 Å². The molecule has 10 aromatic rings. The number of nitrogens with zero attached hydrogens (tertiary/aromatic N) is 1. The molecule has 1 heterocycles. The Bertz CT molecular complexity index is 3040. The van der Waals surface area contributed by atoms with Gasteiger partial charge in [-0.25, -0.2) is 0 Å². The van der Waals surface area contributed by atoms with Crippen LogP contribution in [0.2, 0.25) is 0 Å². The monoisotopic (exact) mass is 765 g/mol. The van der Waals surface area contributed by atoms with Crippen molar-refractivity contribution in [1.29, 1.82) is 0 Å². The SMILES string of the molecule is c1ccc(-c2ccc(N(c3ccc(-c4ccccc4)cc3)c3ccc(-c4ccc5c(c4)-c4c(ccc6ccccc46)Oc4c(-c6ccccc6)cccc4-5)cc3)cc2)cc1. The standard InChI is InChI=1S/C58H39NO/c1-4-13-40(14-5-1)42-23-31-48(32-24-42)59(49-33-25-43(26-34-49)41-15-6-2-7-16-41)50-35-27-44(28-36-50)47-29-37-53-54-22-12-21-52(45-17-8-3-9-18-45)58(54)60-56-38-30-46-19-10-11-20-51(46)57(56)55(53)39-47/h1-39H. The summed E-state index contributed by atoms with van der Waals surface area (Å²) >= 11 is 0. The van der Waals surface area contributed by atoms with E-state index in [1.54, 1.807) is 0 Å². The van der Waals surface area contributed by atoms with Crippen LogP contribution in [0.4, 0.5) is 17.1 Å². The zero-order valence-electron chi connectivity index (χ0n) is 32.9. The van der Waals surface area contributed by atoms with Gasteiger partial charge >= 0.3 is 0 Å². The molecule has 1 aliphatic heterocycles. The number of hydrogen-bond acceptors (Lipinski definition) is 2. The van der Waals surface area contributed by atoms with Crippen LogP contribution in [-0.2, 0) is 0 Å². The van der Waals surface area contributed by atoms with Gasteiger partial charge in [0.25, 0.3) is 0 Å². The summed E-state index contributed by atoms with van der Waals surface area (Å²) in [6.45, 7) is 0. The minimum Gasteiger partial charge on any atom is -0.455 e. The van der Waals surface area contributed by atoms with Gasteiger partial charge in [-0.05, 0) is 109 Å². The minimum absolute atomic E-state index is 0.858. The van der Waals surface area contributed by atoms with Gasteiger partial charge in [0.05, 0.1) is 0 Å². The Labute approximate surface area is 350 Å². The van der Waals surface area contributed by atoms with Gasteiger partial charge in [-0.1, -0.05) is 188 Å². The first-order valence-corrected chi connectivity index (χ1v) is 20.5. The highest BCUT2D eigenvalue weighted by Crippen LogP contribution is 2.53. The van der Waals surface area contributed by atoms with Crippen LogP contribution in [0.3, 0.4) is 0 Å². The van der Waals surface area contributed by atoms with Crippen LogP contribution in [0.5, 0.6) is 11.5 Å². The maximum absolute atomic E-state index is 7.01. The molecule has 0 saturated heterocycles. The lowest BCUT2D eigenvalue weighted by molar-refractivity contribution is 0.490. The maximum atomic E-state index is 7.01. The van der Waals surface area contributed by atoms with E-state index in [0.29, 0.717) is 0 Å². The number of hydrogen-bond donors (Lipinski definition) is 0. The molecular formula is C58H39NO. The predicted molar refractivity (Wildman–Crippen MR) is 251 cm³/mol. The average molecular weight is 766 g/mol. The zero-order valence-corrected chi connectivity index (χ0v) is 32.9. The average Bonchev–Trinajstić information content (AvgIpc) is 3.47. The van der Waals surface area contributed by atoms with E-state index in [0.717, 1.165) is 73.1 Å². The third-order valence-corrected chi connectivity index (χ3v) is 11.7. The Morgan fingerprint density at radius 2 is 0.750 bits per heavy atom. The smallest absolute Gasteiger partial charge is 0.143 e. The maximum Gasteiger partial charge on any atom is 0.143 e. The molecule has 0 saturated carbocycles. The molecule has 0 aromatic heterocycles. The number of ether oxygens (including phenoxy) is 1. The molecule has 0 N–H and O–H groups in total. The second-order valence-electron chi connectivity index (χ2n) is 15.3. The first-order valence-electron chi connectivity index (χ1n) is 20.5. The van der Waals surface area contributed by atoms with Crippen molar-refractivity contribution in [3.63, 3.8) is 0 Å². The lowest BCUT2D eigenvalue weighted by Crippen LogP contribution is -2.09. The number of fused-ring (bicyclic) bond motifs is 7. The van der Waals surface area contributed by atoms with Gasteiger partial charge in [-0.2, -0.15) is 0 Å². The summed E-state index contributed by atoms with van der Waals surface area (Å²) in [7, 11) is 0. The lowest BCUT2D eigenvalue weighted by Gasteiger charge is -2.26. The summed E-state index contributed by atoms with van der Waals surface area (Å²) in [5.41, 5.74) is 17.1. The Morgan fingerprint density at radius 3 is 1.33 bits per heavy atom. The molecule has 60 heavy (non-hydrogen) atoms. The zero-order chi connectivity index (χ0) is 39.8. The van der Waals surface area contributed by atoms with Crippen molar-refractivity contribution in [3.8, 4) is 78.3 Å². The summed E-state index contributed by atoms with van der Waals surface area (Å²) in [5, 5.41) is 2.36. The molecule has 1 aliphatic rings. The van der Waals surface area contributed by atoms with Crippen molar-refractivity contribution in [1.82, 2.24) is 0 Å². The molecule has 10 aromatic carbocycles. The molecule has 0 spiro atoms. The molecule has 0 amide bonds. The van der Waals surface area contributed by atoms with Gasteiger partial charge < -0.3 is 9.64 Å². The molecule has 0 unspecified atom stereocenters. The molecule has 282 valence electrons. The van der Waals surface area contributed by atoms with Crippen molar-refractivity contribution < 1.29 is 4.74 Å². The van der Waals surface area contributed by atoms with Gasteiger partial charge in [0.15, 0.2) is 0 Å². The molecule has 0 fully saturated rings. The Hall–Kier alpha value is -7.94. The molecule has 0 aliphatic carbocycles. The molecule has 0 bridgehead atoms. The third kappa shape index (κ3) is 6.41. The predicted octanol–water partition coefficient (Wildman–Crippen LogP) is 16.4. The van der Waals surface area contributed by atoms with Crippen LogP contribution in [-0.4, -0.2) is 0 Å². The van der Waals surface area contributed by atoms with Gasteiger partial charge in [-0.15, -0.1) is 0 Å². The normalized spacial score (nSPS) is 11.5. The van der Waals surface area contributed by atoms with Crippen molar-refractivity contribution in [3.05, 3.63) is 237 Å². The largest absolute Gasteiger partial charge is 0.455 e. The van der Waals surface area contributed by atoms with E-state index in [1.165, 1.54) is 33.0 Å². The van der Waals surface area contributed by atoms with Gasteiger partial charge in [0.1, 0.15) is 11.5 Å². The quantitative estimate of drug-likeness (QED) is 0.160. The van der Waals surface area contributed by atoms with Gasteiger partial charge in [0, 0.05) is 33.8 Å². The highest BCUT2D eigenvalue weighted by molar-refractivity contribution is 6.06. The second kappa shape index (κ2) is 15.1. The van der Waals surface area contributed by atoms with Crippen LogP contribution < -0.4 is 9.64 Å². The van der Waals surface area contributed by atoms with E-state index < -0.39 is 0 Å². The van der Waals surface area contributed by atoms with Crippen molar-refractivity contribution in [2.24, 2.45) is 0 Å². The van der Waals surface area contributed by atoms with Crippen LogP contribution >= 0.6 is 0 Å². The Balaban J connectivity index is 1.01. The topological polar surface area (TPSA) is 12.5 Å². The van der Waals surface area contributed by atoms with E-state index in [4.69, 9.17) is 4.74 Å². The summed E-state index contributed by atoms with van der Waals surface area (Å²) < 4.78 is 7.01. The number of anilines is 3. The fourth-order valence-corrected chi connectivity index (χ4v) is 8.71. The molecular weight excluding hydrogens is 727 g/mol. The molecule has 0 atom stereocenters. The first-order chi connectivity index (χ1) is 29.7. The Morgan fingerprint density at radius 1 is 0.283 bits per heavy atom.